The molecule has 1 nitrogen and oxygen atoms in total. The molecule has 13 heavy (non-hydrogen) atoms. The molecule has 0 aromatic carbocycles. The minimum absolute atomic E-state index is 0.790. The van der Waals surface area contributed by atoms with Gasteiger partial charge in [0.1, 0.15) is 0 Å². The minimum Gasteiger partial charge on any atom is -0.351 e. The SMILES string of the molecule is CCC1CCC(n2cccc2)CC1. The summed E-state index contributed by atoms with van der Waals surface area (Å²) < 4.78 is 2.38. The molecule has 0 radical (unpaired) electrons. The first kappa shape index (κ1) is 8.86. The summed E-state index contributed by atoms with van der Waals surface area (Å²) >= 11 is 0. The van der Waals surface area contributed by atoms with Crippen LogP contribution in [0, 0.1) is 5.92 Å². The minimum atomic E-state index is 0.790. The number of rotatable bonds is 2. The third-order valence-electron chi connectivity index (χ3n) is 3.44. The van der Waals surface area contributed by atoms with Crippen LogP contribution in [0.25, 0.3) is 0 Å². The highest BCUT2D eigenvalue weighted by atomic mass is 15.0. The van der Waals surface area contributed by atoms with Crippen molar-refractivity contribution in [1.29, 1.82) is 0 Å². The summed E-state index contributed by atoms with van der Waals surface area (Å²) in [6, 6.07) is 5.05. The molecule has 0 saturated heterocycles. The Morgan fingerprint density at radius 2 is 1.69 bits per heavy atom. The Morgan fingerprint density at radius 1 is 1.08 bits per heavy atom. The second kappa shape index (κ2) is 3.99. The monoisotopic (exact) mass is 177 g/mol. The smallest absolute Gasteiger partial charge is 0.0330 e. The molecule has 0 amide bonds. The largest absolute Gasteiger partial charge is 0.351 e. The van der Waals surface area contributed by atoms with Crippen LogP contribution < -0.4 is 0 Å². The van der Waals surface area contributed by atoms with Gasteiger partial charge in [0.15, 0.2) is 0 Å². The summed E-state index contributed by atoms with van der Waals surface area (Å²) in [5.74, 6) is 1.01. The maximum absolute atomic E-state index is 2.38. The molecule has 0 aliphatic heterocycles. The van der Waals surface area contributed by atoms with E-state index < -0.39 is 0 Å². The number of nitrogens with zero attached hydrogens (tertiary/aromatic N) is 1. The molecule has 0 N–H and O–H groups in total. The zero-order chi connectivity index (χ0) is 9.10. The van der Waals surface area contributed by atoms with Crippen LogP contribution in [0.5, 0.6) is 0 Å². The molecule has 0 spiro atoms. The first-order valence-electron chi connectivity index (χ1n) is 5.52. The van der Waals surface area contributed by atoms with Crippen molar-refractivity contribution in [3.63, 3.8) is 0 Å². The van der Waals surface area contributed by atoms with Crippen LogP contribution in [0.15, 0.2) is 24.5 Å². The second-order valence-corrected chi connectivity index (χ2v) is 4.21. The van der Waals surface area contributed by atoms with E-state index in [4.69, 9.17) is 0 Å². The highest BCUT2D eigenvalue weighted by Crippen LogP contribution is 2.33. The van der Waals surface area contributed by atoms with Crippen LogP contribution in [0.1, 0.15) is 45.1 Å². The van der Waals surface area contributed by atoms with E-state index in [2.05, 4.69) is 36.0 Å². The Kier molecular flexibility index (Phi) is 2.72. The van der Waals surface area contributed by atoms with Gasteiger partial charge in [-0.25, -0.2) is 0 Å². The van der Waals surface area contributed by atoms with Gasteiger partial charge in [0, 0.05) is 18.4 Å². The third-order valence-corrected chi connectivity index (χ3v) is 3.44. The Labute approximate surface area is 80.8 Å². The molecule has 0 atom stereocenters. The first-order chi connectivity index (χ1) is 6.40. The van der Waals surface area contributed by atoms with Crippen molar-refractivity contribution in [3.8, 4) is 0 Å². The summed E-state index contributed by atoms with van der Waals surface area (Å²) in [4.78, 5) is 0. The van der Waals surface area contributed by atoms with Gasteiger partial charge in [0.2, 0.25) is 0 Å². The summed E-state index contributed by atoms with van der Waals surface area (Å²) in [5.41, 5.74) is 0. The molecule has 1 aromatic heterocycles. The fraction of sp³-hybridized carbons (Fsp3) is 0.667. The lowest BCUT2D eigenvalue weighted by Crippen LogP contribution is -2.16. The standard InChI is InChI=1S/C12H19N/c1-2-11-5-7-12(8-6-11)13-9-3-4-10-13/h3-4,9-12H,2,5-8H2,1H3. The normalized spacial score (nSPS) is 29.0. The van der Waals surface area contributed by atoms with E-state index in [9.17, 15) is 0 Å². The molecule has 1 aliphatic rings. The van der Waals surface area contributed by atoms with E-state index in [-0.39, 0.29) is 0 Å². The number of hydrogen-bond donors (Lipinski definition) is 0. The van der Waals surface area contributed by atoms with Gasteiger partial charge in [0.05, 0.1) is 0 Å². The lowest BCUT2D eigenvalue weighted by molar-refractivity contribution is 0.270. The molecular formula is C12H19N. The first-order valence-corrected chi connectivity index (χ1v) is 5.52. The molecule has 1 heterocycles. The fourth-order valence-corrected chi connectivity index (χ4v) is 2.44. The molecule has 72 valence electrons. The van der Waals surface area contributed by atoms with E-state index in [1.807, 2.05) is 0 Å². The van der Waals surface area contributed by atoms with Crippen molar-refractivity contribution in [2.45, 2.75) is 45.1 Å². The van der Waals surface area contributed by atoms with Crippen molar-refractivity contribution < 1.29 is 0 Å². The molecule has 1 saturated carbocycles. The van der Waals surface area contributed by atoms with Crippen molar-refractivity contribution in [3.05, 3.63) is 24.5 Å². The van der Waals surface area contributed by atoms with Gasteiger partial charge in [0.25, 0.3) is 0 Å². The van der Waals surface area contributed by atoms with Crippen molar-refractivity contribution in [2.24, 2.45) is 5.92 Å². The Bertz CT molecular complexity index is 230. The lowest BCUT2D eigenvalue weighted by Gasteiger charge is -2.28. The van der Waals surface area contributed by atoms with E-state index >= 15 is 0 Å². The van der Waals surface area contributed by atoms with E-state index in [1.54, 1.807) is 0 Å². The van der Waals surface area contributed by atoms with Gasteiger partial charge in [-0.2, -0.15) is 0 Å². The summed E-state index contributed by atoms with van der Waals surface area (Å²) in [6.45, 7) is 2.32. The predicted octanol–water partition coefficient (Wildman–Crippen LogP) is 3.63. The van der Waals surface area contributed by atoms with Gasteiger partial charge in [-0.1, -0.05) is 13.3 Å². The van der Waals surface area contributed by atoms with E-state index in [0.717, 1.165) is 12.0 Å². The summed E-state index contributed by atoms with van der Waals surface area (Å²) in [6.07, 6.45) is 11.4. The summed E-state index contributed by atoms with van der Waals surface area (Å²) in [7, 11) is 0. The second-order valence-electron chi connectivity index (χ2n) is 4.21. The van der Waals surface area contributed by atoms with E-state index in [1.165, 1.54) is 32.1 Å². The molecular weight excluding hydrogens is 158 g/mol. The van der Waals surface area contributed by atoms with Crippen LogP contribution in [-0.4, -0.2) is 4.57 Å². The quantitative estimate of drug-likeness (QED) is 0.650. The Morgan fingerprint density at radius 3 is 2.23 bits per heavy atom. The number of aromatic nitrogens is 1. The average molecular weight is 177 g/mol. The topological polar surface area (TPSA) is 4.93 Å². The zero-order valence-electron chi connectivity index (χ0n) is 8.45. The van der Waals surface area contributed by atoms with Gasteiger partial charge in [-0.3, -0.25) is 0 Å². The maximum Gasteiger partial charge on any atom is 0.0330 e. The van der Waals surface area contributed by atoms with Crippen LogP contribution in [0.3, 0.4) is 0 Å². The highest BCUT2D eigenvalue weighted by Gasteiger charge is 2.20. The van der Waals surface area contributed by atoms with Crippen LogP contribution in [0.2, 0.25) is 0 Å². The Balaban J connectivity index is 1.92. The maximum atomic E-state index is 2.38. The molecule has 0 bridgehead atoms. The van der Waals surface area contributed by atoms with Gasteiger partial charge in [-0.05, 0) is 43.7 Å². The molecule has 1 aromatic rings. The summed E-state index contributed by atoms with van der Waals surface area (Å²) in [5, 5.41) is 0. The van der Waals surface area contributed by atoms with Crippen molar-refractivity contribution >= 4 is 0 Å². The average Bonchev–Trinajstić information content (AvgIpc) is 2.71. The Hall–Kier alpha value is -0.720. The molecule has 2 rings (SSSR count). The number of hydrogen-bond acceptors (Lipinski definition) is 0. The zero-order valence-corrected chi connectivity index (χ0v) is 8.45. The van der Waals surface area contributed by atoms with Crippen LogP contribution in [0.4, 0.5) is 0 Å². The predicted molar refractivity (Wildman–Crippen MR) is 55.7 cm³/mol. The van der Waals surface area contributed by atoms with Gasteiger partial charge < -0.3 is 4.57 Å². The molecule has 1 heteroatoms. The van der Waals surface area contributed by atoms with E-state index in [0.29, 0.717) is 0 Å². The molecule has 0 unspecified atom stereocenters. The van der Waals surface area contributed by atoms with Crippen LogP contribution >= 0.6 is 0 Å². The van der Waals surface area contributed by atoms with Gasteiger partial charge in [-0.15, -0.1) is 0 Å². The van der Waals surface area contributed by atoms with Crippen LogP contribution in [-0.2, 0) is 0 Å². The van der Waals surface area contributed by atoms with Crippen molar-refractivity contribution in [1.82, 2.24) is 4.57 Å². The molecule has 1 aliphatic carbocycles. The lowest BCUT2D eigenvalue weighted by atomic mass is 9.84. The fourth-order valence-electron chi connectivity index (χ4n) is 2.44. The van der Waals surface area contributed by atoms with Gasteiger partial charge >= 0.3 is 0 Å². The molecule has 1 fully saturated rings. The highest BCUT2D eigenvalue weighted by molar-refractivity contribution is 4.94. The third kappa shape index (κ3) is 1.96. The van der Waals surface area contributed by atoms with Crippen molar-refractivity contribution in [2.75, 3.05) is 0 Å².